The van der Waals surface area contributed by atoms with Crippen molar-refractivity contribution in [1.29, 1.82) is 0 Å². The van der Waals surface area contributed by atoms with E-state index >= 15 is 0 Å². The second kappa shape index (κ2) is 42.2. The minimum Gasteiger partial charge on any atom is -0.497 e. The van der Waals surface area contributed by atoms with Crippen LogP contribution in [-0.4, -0.2) is 320 Å². The lowest BCUT2D eigenvalue weighted by molar-refractivity contribution is -0.132. The Labute approximate surface area is 796 Å². The first kappa shape index (κ1) is 101. The van der Waals surface area contributed by atoms with E-state index in [4.69, 9.17) is 14.2 Å². The van der Waals surface area contributed by atoms with Crippen LogP contribution in [0.5, 0.6) is 5.75 Å². The van der Waals surface area contributed by atoms with Gasteiger partial charge in [-0.3, -0.25) is 44.1 Å². The van der Waals surface area contributed by atoms with Crippen molar-refractivity contribution in [3.8, 4) is 5.75 Å². The van der Waals surface area contributed by atoms with Gasteiger partial charge in [-0.15, -0.1) is 0 Å². The summed E-state index contributed by atoms with van der Waals surface area (Å²) < 4.78 is 132. The molecule has 12 fully saturated rings. The van der Waals surface area contributed by atoms with E-state index in [1.54, 1.807) is 64.5 Å². The number of likely N-dealkylation sites (tertiary alicyclic amines) is 4. The summed E-state index contributed by atoms with van der Waals surface area (Å²) in [6.07, 6.45) is 21.4. The second-order valence-corrected chi connectivity index (χ2v) is 46.2. The van der Waals surface area contributed by atoms with Crippen LogP contribution in [0.4, 0.5) is 0 Å². The highest BCUT2D eigenvalue weighted by atomic mass is 32.2. The molecule has 135 heavy (non-hydrogen) atoms. The number of aliphatic imine (C=N–C) groups is 2. The van der Waals surface area contributed by atoms with Crippen LogP contribution >= 0.6 is 0 Å². The van der Waals surface area contributed by atoms with Gasteiger partial charge in [-0.25, -0.2) is 33.7 Å². The maximum absolute atomic E-state index is 14.0. The molecule has 732 valence electrons. The predicted octanol–water partition coefficient (Wildman–Crippen LogP) is 8.53. The Morgan fingerprint density at radius 1 is 0.519 bits per heavy atom. The van der Waals surface area contributed by atoms with Crippen molar-refractivity contribution < 1.29 is 76.6 Å². The van der Waals surface area contributed by atoms with Gasteiger partial charge in [0.05, 0.1) is 51.6 Å². The number of allylic oxidation sites excluding steroid dienone is 2. The maximum atomic E-state index is 14.0. The number of ketones is 3. The molecule has 3 amide bonds. The van der Waals surface area contributed by atoms with Gasteiger partial charge in [-0.1, -0.05) is 78.9 Å². The van der Waals surface area contributed by atoms with Gasteiger partial charge in [0.25, 0.3) is 0 Å². The molecule has 10 saturated heterocycles. The maximum Gasteiger partial charge on any atom is 0.245 e. The molecule has 2 saturated carbocycles. The molecule has 2 aliphatic carbocycles. The van der Waals surface area contributed by atoms with E-state index in [0.29, 0.717) is 143 Å². The highest BCUT2D eigenvalue weighted by molar-refractivity contribution is 7.90. The van der Waals surface area contributed by atoms with Crippen LogP contribution in [-0.2, 0) is 70.5 Å². The highest BCUT2D eigenvalue weighted by Gasteiger charge is 2.61. The predicted molar refractivity (Wildman–Crippen MR) is 513 cm³/mol. The van der Waals surface area contributed by atoms with Gasteiger partial charge in [-0.05, 0) is 211 Å². The molecule has 33 nitrogen and oxygen atoms in total. The Hall–Kier alpha value is -8.58. The molecule has 3 unspecified atom stereocenters. The number of likely N-dealkylation sites (N-methyl/N-ethyl adjacent to an activating group) is 1. The zero-order valence-electron chi connectivity index (χ0n) is 79.3. The smallest absolute Gasteiger partial charge is 0.245 e. The quantitative estimate of drug-likeness (QED) is 0.0397. The normalized spacial score (nSPS) is 24.2. The first-order chi connectivity index (χ1) is 64.4. The zero-order valence-corrected chi connectivity index (χ0v) is 82.6. The molecule has 12 heterocycles. The number of carbonyl (C=O) groups excluding carboxylic acids is 6. The Morgan fingerprint density at radius 2 is 0.948 bits per heavy atom. The molecule has 0 aromatic heterocycles. The molecule has 0 radical (unpaired) electrons. The number of amides is 3. The Bertz CT molecular complexity index is 5690. The zero-order chi connectivity index (χ0) is 96.1. The molecular weight excluding hydrogens is 1800 g/mol. The average molecular weight is 1940 g/mol. The summed E-state index contributed by atoms with van der Waals surface area (Å²) in [4.78, 5) is 96.1. The van der Waals surface area contributed by atoms with Gasteiger partial charge in [0.1, 0.15) is 40.6 Å². The van der Waals surface area contributed by atoms with E-state index < -0.39 is 75.0 Å². The lowest BCUT2D eigenvalue weighted by Crippen LogP contribution is -2.60. The topological polar surface area (TPSA) is 372 Å². The summed E-state index contributed by atoms with van der Waals surface area (Å²) >= 11 is 0. The molecule has 0 bridgehead atoms. The monoisotopic (exact) mass is 1930 g/mol. The van der Waals surface area contributed by atoms with Crippen LogP contribution in [0.2, 0.25) is 0 Å². The molecule has 3 atom stereocenters. The number of sulfonamides is 4. The number of piperidine rings is 5. The van der Waals surface area contributed by atoms with Crippen molar-refractivity contribution >= 4 is 87.6 Å². The fourth-order valence-corrected chi connectivity index (χ4v) is 28.1. The van der Waals surface area contributed by atoms with Crippen LogP contribution in [0.3, 0.4) is 0 Å². The minimum atomic E-state index is -4.00. The number of nitrogens with one attached hydrogen (secondary N) is 4. The van der Waals surface area contributed by atoms with E-state index in [1.165, 1.54) is 128 Å². The standard InChI is InChI=1S/C24H30N4O4S.C20H24N4O4S.C19H29N3O4S.C18H25N3O.C17H26N2O4S/c1-17(29)19-6-8-21(9-7-19)33(31,32)28-22(15-20-3-2-12-25-20)23(30)26-24(28)10-13-27(14-11-24)16-18-4-5-18;1-14(25)15-4-6-17(7-5-15)29(27,28)24-18(13-16-3-2-10-22-16)19(26)23-20(24)8-11-21-12-9-20;1-15(23)16-5-7-18(8-6-16)27(24,25)22-14-17(13-20(2)3)26-19(22)9-11-21(4)12-10-19;22-17-12-19-18(21(17)14-15-4-2-1-3-5-15)8-10-20(11-9-18)13-16-6-7-16;1-14(2)18-10-8-17(9-11-18)19(12-13-23-17)24(20,21)16-6-4-15(22-3)5-7-16/h3,6-9,12,18,22H,2,4-5,10-11,13-16H2,1H3,(H,26,30);3-7,10,18,21H,2,8-9,11-13H2,1H3,(H,23,26);5-8,17H,9-14H2,1-4H3;1-5,16,19H,6-14H2;4-7,14H,8-13H2,1-3H3. The van der Waals surface area contributed by atoms with Gasteiger partial charge >= 0.3 is 0 Å². The SMILES string of the molecule is CC(=O)c1ccc(S(=O)(=O)N2C(CC3=CCC=N3)C(=O)NC23CCN(CC2CC2)CC3)cc1.CC(=O)c1ccc(S(=O)(=O)N2C(CC3=CCC=N3)C(=O)NC23CCNCC3)cc1.CC(=O)c1ccc(S(=O)(=O)N2CC(CN(C)C)OC23CCN(C)CC3)cc1.COc1ccc(S(=O)(=O)N2CCOC23CCN(C(C)C)CC3)cc1.O=C1CNC2(CCN(CC3CC3)CC2)N1Cc1ccccc1. The molecule has 12 aliphatic heterocycles. The number of carbonyl (C=O) groups is 6. The van der Waals surface area contributed by atoms with Crippen LogP contribution in [0.15, 0.2) is 181 Å². The molecule has 5 aromatic rings. The number of methoxy groups -OCH3 is 1. The lowest BCUT2D eigenvalue weighted by Gasteiger charge is -2.44. The largest absolute Gasteiger partial charge is 0.497 e. The van der Waals surface area contributed by atoms with E-state index in [9.17, 15) is 62.4 Å². The van der Waals surface area contributed by atoms with Crippen molar-refractivity contribution in [2.24, 2.45) is 21.8 Å². The summed E-state index contributed by atoms with van der Waals surface area (Å²) in [5.41, 5.74) is 0.617. The molecular formula is C98H134N16O17S4. The van der Waals surface area contributed by atoms with E-state index in [2.05, 4.69) is 81.7 Å². The van der Waals surface area contributed by atoms with E-state index in [1.807, 2.05) is 56.4 Å². The fourth-order valence-electron chi connectivity index (χ4n) is 20.8. The van der Waals surface area contributed by atoms with E-state index in [0.717, 1.165) is 102 Å². The third kappa shape index (κ3) is 22.8. The number of hydrogen-bond donors (Lipinski definition) is 4. The summed E-state index contributed by atoms with van der Waals surface area (Å²) in [5.74, 6) is 1.71. The summed E-state index contributed by atoms with van der Waals surface area (Å²) in [6.45, 7) is 22.4. The lowest BCUT2D eigenvalue weighted by atomic mass is 9.95. The molecule has 5 spiro atoms. The number of nitrogens with zero attached hydrogens (tertiary/aromatic N) is 12. The van der Waals surface area contributed by atoms with Crippen LogP contribution < -0.4 is 26.0 Å². The number of benzene rings is 5. The first-order valence-electron chi connectivity index (χ1n) is 47.7. The fraction of sp³-hybridized carbons (Fsp3) is 0.571. The number of ether oxygens (including phenoxy) is 3. The van der Waals surface area contributed by atoms with Crippen molar-refractivity contribution in [3.63, 3.8) is 0 Å². The van der Waals surface area contributed by atoms with Gasteiger partial charge in [0.15, 0.2) is 17.3 Å². The van der Waals surface area contributed by atoms with Crippen molar-refractivity contribution in [2.45, 2.75) is 229 Å². The summed E-state index contributed by atoms with van der Waals surface area (Å²) in [6, 6.07) is 33.8. The van der Waals surface area contributed by atoms with Crippen molar-refractivity contribution in [1.82, 2.24) is 67.9 Å². The van der Waals surface area contributed by atoms with Gasteiger partial charge < -0.3 is 59.6 Å². The Kier molecular flexibility index (Phi) is 31.5. The molecule has 4 N–H and O–H groups in total. The molecule has 37 heteroatoms. The molecule has 19 rings (SSSR count). The van der Waals surface area contributed by atoms with E-state index in [-0.39, 0.29) is 74.4 Å². The molecule has 14 aliphatic rings. The summed E-state index contributed by atoms with van der Waals surface area (Å²) in [7, 11) is -7.75. The molecule has 5 aromatic carbocycles. The summed E-state index contributed by atoms with van der Waals surface area (Å²) in [5, 5.41) is 12.8. The van der Waals surface area contributed by atoms with Crippen molar-refractivity contribution in [2.75, 3.05) is 140 Å². The third-order valence-corrected chi connectivity index (χ3v) is 36.7. The van der Waals surface area contributed by atoms with Crippen LogP contribution in [0, 0.1) is 11.8 Å². The number of Topliss-reactive ketones (excluding diaryl/α,β-unsaturated/α-hetero) is 3. The minimum absolute atomic E-state index is 0.0748. The average Bonchev–Trinajstić information content (AvgIpc) is 1.56. The number of hydrogen-bond acceptors (Lipinski definition) is 26. The van der Waals surface area contributed by atoms with Gasteiger partial charge in [0.2, 0.25) is 57.8 Å². The first-order valence-corrected chi connectivity index (χ1v) is 53.5. The van der Waals surface area contributed by atoms with Crippen LogP contribution in [0.25, 0.3) is 0 Å². The van der Waals surface area contributed by atoms with Crippen molar-refractivity contribution in [3.05, 3.63) is 173 Å². The second-order valence-electron chi connectivity index (χ2n) is 38.9. The highest BCUT2D eigenvalue weighted by Crippen LogP contribution is 2.46. The Balaban J connectivity index is 0.000000129. The van der Waals surface area contributed by atoms with Gasteiger partial charge in [0, 0.05) is 190 Å². The number of rotatable bonds is 25. The Morgan fingerprint density at radius 3 is 1.37 bits per heavy atom. The van der Waals surface area contributed by atoms with Crippen LogP contribution in [0.1, 0.15) is 187 Å². The third-order valence-electron chi connectivity index (χ3n) is 28.9. The van der Waals surface area contributed by atoms with Gasteiger partial charge in [-0.2, -0.15) is 17.2 Å².